The summed E-state index contributed by atoms with van der Waals surface area (Å²) < 4.78 is 5.68. The molecule has 3 heterocycles. The van der Waals surface area contributed by atoms with Gasteiger partial charge in [0.2, 0.25) is 0 Å². The highest BCUT2D eigenvalue weighted by Crippen LogP contribution is 2.31. The van der Waals surface area contributed by atoms with Gasteiger partial charge in [-0.25, -0.2) is 9.97 Å². The predicted octanol–water partition coefficient (Wildman–Crippen LogP) is 5.96. The molecule has 0 radical (unpaired) electrons. The van der Waals surface area contributed by atoms with Gasteiger partial charge in [-0.3, -0.25) is 9.88 Å². The van der Waals surface area contributed by atoms with E-state index in [-0.39, 0.29) is 6.10 Å². The number of fused-ring (bicyclic) bond motifs is 1. The minimum Gasteiger partial charge on any atom is -0.376 e. The Bertz CT molecular complexity index is 1280. The van der Waals surface area contributed by atoms with Gasteiger partial charge >= 0.3 is 0 Å². The zero-order valence-electron chi connectivity index (χ0n) is 18.1. The summed E-state index contributed by atoms with van der Waals surface area (Å²) in [6.07, 6.45) is 1.94. The van der Waals surface area contributed by atoms with Gasteiger partial charge in [-0.15, -0.1) is 0 Å². The summed E-state index contributed by atoms with van der Waals surface area (Å²) in [5, 5.41) is 5.64. The van der Waals surface area contributed by atoms with Gasteiger partial charge in [-0.05, 0) is 55.5 Å². The van der Waals surface area contributed by atoms with Crippen molar-refractivity contribution in [2.45, 2.75) is 19.6 Å². The third kappa shape index (κ3) is 5.09. The average Bonchev–Trinajstić information content (AvgIpc) is 2.80. The van der Waals surface area contributed by atoms with Crippen LogP contribution in [0.25, 0.3) is 22.2 Å². The first kappa shape index (κ1) is 22.0. The number of anilines is 2. The molecule has 0 bridgehead atoms. The second-order valence-corrected chi connectivity index (χ2v) is 8.95. The van der Waals surface area contributed by atoms with Crippen LogP contribution >= 0.6 is 23.2 Å². The molecule has 5 rings (SSSR count). The Hall–Kier alpha value is -2.77. The molecule has 1 aliphatic rings. The molecule has 1 aliphatic heterocycles. The highest BCUT2D eigenvalue weighted by Gasteiger charge is 2.19. The van der Waals surface area contributed by atoms with E-state index in [1.54, 1.807) is 6.20 Å². The molecule has 1 fully saturated rings. The van der Waals surface area contributed by atoms with Crippen molar-refractivity contribution < 1.29 is 4.74 Å². The number of hydrogen-bond acceptors (Lipinski definition) is 6. The third-order valence-electron chi connectivity index (χ3n) is 5.57. The Kier molecular flexibility index (Phi) is 6.42. The number of rotatable bonds is 5. The van der Waals surface area contributed by atoms with E-state index in [2.05, 4.69) is 22.1 Å². The van der Waals surface area contributed by atoms with Crippen LogP contribution in [0.15, 0.2) is 60.8 Å². The lowest BCUT2D eigenvalue weighted by atomic mass is 10.1. The largest absolute Gasteiger partial charge is 0.376 e. The first-order chi connectivity index (χ1) is 16.0. The van der Waals surface area contributed by atoms with Gasteiger partial charge in [-0.1, -0.05) is 29.3 Å². The molecule has 168 valence electrons. The van der Waals surface area contributed by atoms with Crippen LogP contribution < -0.4 is 5.32 Å². The van der Waals surface area contributed by atoms with Crippen molar-refractivity contribution in [1.82, 2.24) is 19.9 Å². The smallest absolute Gasteiger partial charge is 0.145 e. The molecule has 8 heteroatoms. The Morgan fingerprint density at radius 3 is 2.73 bits per heavy atom. The van der Waals surface area contributed by atoms with Crippen LogP contribution in [0.1, 0.15) is 12.7 Å². The monoisotopic (exact) mass is 479 g/mol. The highest BCUT2D eigenvalue weighted by molar-refractivity contribution is 6.33. The number of ether oxygens (including phenoxy) is 1. The van der Waals surface area contributed by atoms with Gasteiger partial charge < -0.3 is 10.1 Å². The van der Waals surface area contributed by atoms with Crippen molar-refractivity contribution in [3.8, 4) is 11.3 Å². The molecule has 33 heavy (non-hydrogen) atoms. The maximum Gasteiger partial charge on any atom is 0.145 e. The number of benzene rings is 2. The van der Waals surface area contributed by atoms with Gasteiger partial charge in [0.05, 0.1) is 35.5 Å². The number of halogens is 2. The van der Waals surface area contributed by atoms with E-state index in [1.807, 2.05) is 54.6 Å². The van der Waals surface area contributed by atoms with E-state index >= 15 is 0 Å². The van der Waals surface area contributed by atoms with Gasteiger partial charge in [0.15, 0.2) is 0 Å². The van der Waals surface area contributed by atoms with Gasteiger partial charge in [0.25, 0.3) is 0 Å². The van der Waals surface area contributed by atoms with Crippen molar-refractivity contribution >= 4 is 45.6 Å². The molecule has 1 saturated heterocycles. The first-order valence-electron chi connectivity index (χ1n) is 10.8. The number of hydrogen-bond donors (Lipinski definition) is 1. The molecule has 0 spiro atoms. The van der Waals surface area contributed by atoms with Crippen LogP contribution in [0.4, 0.5) is 11.5 Å². The molecular formula is C25H23Cl2N5O. The topological polar surface area (TPSA) is 63.2 Å². The third-order valence-corrected chi connectivity index (χ3v) is 6.13. The highest BCUT2D eigenvalue weighted by atomic mass is 35.5. The fourth-order valence-corrected chi connectivity index (χ4v) is 4.35. The van der Waals surface area contributed by atoms with E-state index in [0.717, 1.165) is 52.6 Å². The summed E-state index contributed by atoms with van der Waals surface area (Å²) in [5.41, 5.74) is 3.38. The molecule has 1 atom stereocenters. The van der Waals surface area contributed by atoms with Crippen molar-refractivity contribution in [3.63, 3.8) is 0 Å². The van der Waals surface area contributed by atoms with Crippen molar-refractivity contribution in [2.75, 3.05) is 25.0 Å². The molecular weight excluding hydrogens is 457 g/mol. The zero-order valence-corrected chi connectivity index (χ0v) is 19.6. The Morgan fingerprint density at radius 1 is 1.09 bits per heavy atom. The van der Waals surface area contributed by atoms with Gasteiger partial charge in [-0.2, -0.15) is 0 Å². The molecule has 6 nitrogen and oxygen atoms in total. The maximum absolute atomic E-state index is 6.40. The molecule has 2 aromatic heterocycles. The lowest BCUT2D eigenvalue weighted by Crippen LogP contribution is -2.40. The van der Waals surface area contributed by atoms with Crippen LogP contribution in [-0.2, 0) is 11.3 Å². The molecule has 0 aliphatic carbocycles. The fourth-order valence-electron chi connectivity index (χ4n) is 3.99. The maximum atomic E-state index is 6.40. The zero-order chi connectivity index (χ0) is 22.8. The fraction of sp³-hybridized carbons (Fsp3) is 0.240. The van der Waals surface area contributed by atoms with E-state index in [0.29, 0.717) is 23.2 Å². The summed E-state index contributed by atoms with van der Waals surface area (Å²) >= 11 is 12.5. The van der Waals surface area contributed by atoms with E-state index < -0.39 is 0 Å². The summed E-state index contributed by atoms with van der Waals surface area (Å²) in [6, 6.07) is 17.3. The molecule has 4 aromatic rings. The van der Waals surface area contributed by atoms with Crippen molar-refractivity contribution in [3.05, 3.63) is 76.7 Å². The van der Waals surface area contributed by atoms with Crippen LogP contribution in [0, 0.1) is 0 Å². The lowest BCUT2D eigenvalue weighted by molar-refractivity contribution is -0.0219. The minimum absolute atomic E-state index is 0.198. The first-order valence-corrected chi connectivity index (χ1v) is 11.6. The predicted molar refractivity (Wildman–Crippen MR) is 133 cm³/mol. The Morgan fingerprint density at radius 2 is 1.94 bits per heavy atom. The van der Waals surface area contributed by atoms with E-state index in [9.17, 15) is 0 Å². The number of nitrogens with one attached hydrogen (secondary N) is 1. The van der Waals surface area contributed by atoms with Crippen LogP contribution in [-0.4, -0.2) is 45.7 Å². The number of nitrogens with zero attached hydrogens (tertiary/aromatic N) is 4. The molecule has 0 saturated carbocycles. The van der Waals surface area contributed by atoms with Crippen LogP contribution in [0.5, 0.6) is 0 Å². The molecule has 2 aromatic carbocycles. The minimum atomic E-state index is 0.198. The van der Waals surface area contributed by atoms with Gasteiger partial charge in [0, 0.05) is 40.9 Å². The lowest BCUT2D eigenvalue weighted by Gasteiger charge is -2.30. The van der Waals surface area contributed by atoms with Crippen molar-refractivity contribution in [2.24, 2.45) is 0 Å². The number of pyridine rings is 1. The van der Waals surface area contributed by atoms with Gasteiger partial charge in [0.1, 0.15) is 11.6 Å². The molecule has 0 amide bonds. The summed E-state index contributed by atoms with van der Waals surface area (Å²) in [4.78, 5) is 16.6. The molecule has 1 N–H and O–H groups in total. The molecule has 0 unspecified atom stereocenters. The second kappa shape index (κ2) is 9.61. The summed E-state index contributed by atoms with van der Waals surface area (Å²) in [6.45, 7) is 5.16. The average molecular weight is 480 g/mol. The van der Waals surface area contributed by atoms with Crippen LogP contribution in [0.2, 0.25) is 10.0 Å². The van der Waals surface area contributed by atoms with Crippen LogP contribution in [0.3, 0.4) is 0 Å². The number of aromatic nitrogens is 3. The Labute approximate surface area is 202 Å². The SMILES string of the molecule is C[C@H]1CN(Cc2nc(Nc3ccc(Cl)cc3)c3ccc(-c4ncccc4Cl)cc3n2)CCO1. The summed E-state index contributed by atoms with van der Waals surface area (Å²) in [5.74, 6) is 1.50. The Balaban J connectivity index is 1.56. The standard InChI is InChI=1S/C25H23Cl2N5O/c1-16-14-32(11-12-33-16)15-23-30-22-13-17(24-21(27)3-2-10-28-24)4-9-20(22)25(31-23)29-19-7-5-18(26)6-8-19/h2-10,13,16H,11-12,14-15H2,1H3,(H,29,30,31)/t16-/m0/s1. The summed E-state index contributed by atoms with van der Waals surface area (Å²) in [7, 11) is 0. The second-order valence-electron chi connectivity index (χ2n) is 8.10. The van der Waals surface area contributed by atoms with E-state index in [4.69, 9.17) is 37.9 Å². The van der Waals surface area contributed by atoms with E-state index in [1.165, 1.54) is 0 Å². The normalized spacial score (nSPS) is 16.8. The van der Waals surface area contributed by atoms with Crippen molar-refractivity contribution in [1.29, 1.82) is 0 Å². The number of morpholine rings is 1. The quantitative estimate of drug-likeness (QED) is 0.380.